The lowest BCUT2D eigenvalue weighted by Gasteiger charge is -2.13. The Bertz CT molecular complexity index is 972. The standard InChI is InChI=1S/C19H15ClN2O3/c1-11(18(21)23)25-19(24)14-10-17(13-7-2-4-8-15(13)20)22-16-9-5-3-6-12(14)16/h2-11H,1H3,(H2,21,23). The number of benzene rings is 2. The number of hydrogen-bond acceptors (Lipinski definition) is 4. The van der Waals surface area contributed by atoms with Gasteiger partial charge in [0.05, 0.1) is 16.8 Å². The van der Waals surface area contributed by atoms with E-state index in [4.69, 9.17) is 22.1 Å². The number of nitrogens with zero attached hydrogens (tertiary/aromatic N) is 1. The summed E-state index contributed by atoms with van der Waals surface area (Å²) in [5.74, 6) is -1.35. The maximum Gasteiger partial charge on any atom is 0.339 e. The van der Waals surface area contributed by atoms with E-state index in [0.29, 0.717) is 32.7 Å². The van der Waals surface area contributed by atoms with Crippen molar-refractivity contribution in [3.05, 3.63) is 65.2 Å². The van der Waals surface area contributed by atoms with Gasteiger partial charge in [-0.05, 0) is 25.1 Å². The third-order valence-corrected chi connectivity index (χ3v) is 4.10. The summed E-state index contributed by atoms with van der Waals surface area (Å²) in [6.07, 6.45) is -1.02. The summed E-state index contributed by atoms with van der Waals surface area (Å²) in [4.78, 5) is 28.3. The molecule has 0 bridgehead atoms. The van der Waals surface area contributed by atoms with Gasteiger partial charge in [0.1, 0.15) is 0 Å². The van der Waals surface area contributed by atoms with E-state index in [2.05, 4.69) is 4.98 Å². The molecule has 5 nitrogen and oxygen atoms in total. The minimum Gasteiger partial charge on any atom is -0.449 e. The highest BCUT2D eigenvalue weighted by Gasteiger charge is 2.20. The number of carbonyl (C=O) groups is 2. The fraction of sp³-hybridized carbons (Fsp3) is 0.105. The first-order valence-electron chi connectivity index (χ1n) is 7.62. The molecule has 0 aliphatic carbocycles. The maximum absolute atomic E-state index is 12.6. The number of halogens is 1. The molecule has 0 saturated carbocycles. The van der Waals surface area contributed by atoms with Crippen LogP contribution in [0.1, 0.15) is 17.3 Å². The summed E-state index contributed by atoms with van der Waals surface area (Å²) >= 11 is 6.25. The number of pyridine rings is 1. The molecule has 126 valence electrons. The van der Waals surface area contributed by atoms with Crippen molar-refractivity contribution in [3.8, 4) is 11.3 Å². The Morgan fingerprint density at radius 1 is 1.12 bits per heavy atom. The predicted octanol–water partition coefficient (Wildman–Crippen LogP) is 3.59. The average molecular weight is 355 g/mol. The largest absolute Gasteiger partial charge is 0.449 e. The van der Waals surface area contributed by atoms with Crippen LogP contribution in [0.5, 0.6) is 0 Å². The van der Waals surface area contributed by atoms with Crippen LogP contribution in [0.25, 0.3) is 22.2 Å². The van der Waals surface area contributed by atoms with Gasteiger partial charge in [0, 0.05) is 16.0 Å². The van der Waals surface area contributed by atoms with Gasteiger partial charge < -0.3 is 10.5 Å². The number of para-hydroxylation sites is 1. The number of primary amides is 1. The molecule has 0 saturated heterocycles. The number of amides is 1. The van der Waals surface area contributed by atoms with Crippen LogP contribution >= 0.6 is 11.6 Å². The Morgan fingerprint density at radius 3 is 2.52 bits per heavy atom. The van der Waals surface area contributed by atoms with Crippen LogP contribution in [-0.2, 0) is 9.53 Å². The first-order chi connectivity index (χ1) is 12.0. The van der Waals surface area contributed by atoms with Gasteiger partial charge in [0.25, 0.3) is 5.91 Å². The Morgan fingerprint density at radius 2 is 1.80 bits per heavy atom. The lowest BCUT2D eigenvalue weighted by Crippen LogP contribution is -2.30. The van der Waals surface area contributed by atoms with Gasteiger partial charge in [0.2, 0.25) is 0 Å². The normalized spacial score (nSPS) is 11.9. The highest BCUT2D eigenvalue weighted by atomic mass is 35.5. The Labute approximate surface area is 149 Å². The van der Waals surface area contributed by atoms with Crippen LogP contribution < -0.4 is 5.73 Å². The molecular weight excluding hydrogens is 340 g/mol. The van der Waals surface area contributed by atoms with Gasteiger partial charge in [-0.1, -0.05) is 48.0 Å². The van der Waals surface area contributed by atoms with Crippen LogP contribution in [0.2, 0.25) is 5.02 Å². The molecule has 1 aromatic heterocycles. The monoisotopic (exact) mass is 354 g/mol. The molecule has 1 unspecified atom stereocenters. The van der Waals surface area contributed by atoms with Gasteiger partial charge in [-0.3, -0.25) is 4.79 Å². The zero-order chi connectivity index (χ0) is 18.0. The second-order valence-electron chi connectivity index (χ2n) is 5.50. The van der Waals surface area contributed by atoms with Gasteiger partial charge in [-0.15, -0.1) is 0 Å². The summed E-state index contributed by atoms with van der Waals surface area (Å²) in [5.41, 5.74) is 7.34. The molecule has 2 aromatic carbocycles. The number of aromatic nitrogens is 1. The van der Waals surface area contributed by atoms with E-state index < -0.39 is 18.0 Å². The van der Waals surface area contributed by atoms with Crippen molar-refractivity contribution in [2.45, 2.75) is 13.0 Å². The molecule has 1 atom stereocenters. The van der Waals surface area contributed by atoms with E-state index in [-0.39, 0.29) is 0 Å². The molecule has 0 aliphatic rings. The van der Waals surface area contributed by atoms with Crippen LogP contribution in [0, 0.1) is 0 Å². The molecular formula is C19H15ClN2O3. The molecule has 3 rings (SSSR count). The maximum atomic E-state index is 12.6. The molecule has 0 fully saturated rings. The van der Waals surface area contributed by atoms with Crippen molar-refractivity contribution >= 4 is 34.4 Å². The van der Waals surface area contributed by atoms with Crippen molar-refractivity contribution in [3.63, 3.8) is 0 Å². The first kappa shape index (κ1) is 16.9. The molecule has 1 heterocycles. The summed E-state index contributed by atoms with van der Waals surface area (Å²) in [7, 11) is 0. The lowest BCUT2D eigenvalue weighted by molar-refractivity contribution is -0.125. The number of rotatable bonds is 4. The second-order valence-corrected chi connectivity index (χ2v) is 5.91. The topological polar surface area (TPSA) is 82.3 Å². The summed E-state index contributed by atoms with van der Waals surface area (Å²) in [6.45, 7) is 1.43. The zero-order valence-corrected chi connectivity index (χ0v) is 14.2. The fourth-order valence-corrected chi connectivity index (χ4v) is 2.67. The van der Waals surface area contributed by atoms with E-state index in [9.17, 15) is 9.59 Å². The van der Waals surface area contributed by atoms with Crippen molar-refractivity contribution in [1.82, 2.24) is 4.98 Å². The fourth-order valence-electron chi connectivity index (χ4n) is 2.43. The minimum atomic E-state index is -1.02. The SMILES string of the molecule is CC(OC(=O)c1cc(-c2ccccc2Cl)nc2ccccc12)C(N)=O. The molecule has 0 aliphatic heterocycles. The van der Waals surface area contributed by atoms with Crippen molar-refractivity contribution < 1.29 is 14.3 Å². The summed E-state index contributed by atoms with van der Waals surface area (Å²) < 4.78 is 5.15. The molecule has 2 N–H and O–H groups in total. The van der Waals surface area contributed by atoms with Crippen LogP contribution in [0.4, 0.5) is 0 Å². The Hall–Kier alpha value is -2.92. The van der Waals surface area contributed by atoms with E-state index in [1.165, 1.54) is 6.92 Å². The number of esters is 1. The highest BCUT2D eigenvalue weighted by Crippen LogP contribution is 2.30. The van der Waals surface area contributed by atoms with E-state index >= 15 is 0 Å². The number of carbonyl (C=O) groups excluding carboxylic acids is 2. The lowest BCUT2D eigenvalue weighted by atomic mass is 10.0. The summed E-state index contributed by atoms with van der Waals surface area (Å²) in [5, 5.41) is 1.15. The van der Waals surface area contributed by atoms with Crippen LogP contribution in [0.3, 0.4) is 0 Å². The van der Waals surface area contributed by atoms with Gasteiger partial charge >= 0.3 is 5.97 Å². The van der Waals surface area contributed by atoms with Gasteiger partial charge in [-0.2, -0.15) is 0 Å². The van der Waals surface area contributed by atoms with Gasteiger partial charge in [-0.25, -0.2) is 9.78 Å². The Kier molecular flexibility index (Phi) is 4.67. The molecule has 0 radical (unpaired) electrons. The number of ether oxygens (including phenoxy) is 1. The zero-order valence-electron chi connectivity index (χ0n) is 13.4. The molecule has 0 spiro atoms. The van der Waals surface area contributed by atoms with Crippen LogP contribution in [0.15, 0.2) is 54.6 Å². The number of nitrogens with two attached hydrogens (primary N) is 1. The van der Waals surface area contributed by atoms with Crippen molar-refractivity contribution in [1.29, 1.82) is 0 Å². The summed E-state index contributed by atoms with van der Waals surface area (Å²) in [6, 6.07) is 16.0. The smallest absolute Gasteiger partial charge is 0.339 e. The van der Waals surface area contributed by atoms with Crippen molar-refractivity contribution in [2.75, 3.05) is 0 Å². The highest BCUT2D eigenvalue weighted by molar-refractivity contribution is 6.33. The number of hydrogen-bond donors (Lipinski definition) is 1. The van der Waals surface area contributed by atoms with Crippen LogP contribution in [-0.4, -0.2) is 23.0 Å². The predicted molar refractivity (Wildman–Crippen MR) is 96.3 cm³/mol. The third-order valence-electron chi connectivity index (χ3n) is 3.77. The average Bonchev–Trinajstić information content (AvgIpc) is 2.61. The molecule has 25 heavy (non-hydrogen) atoms. The van der Waals surface area contributed by atoms with E-state index in [1.807, 2.05) is 24.3 Å². The molecule has 1 amide bonds. The number of fused-ring (bicyclic) bond motifs is 1. The van der Waals surface area contributed by atoms with E-state index in [0.717, 1.165) is 0 Å². The second kappa shape index (κ2) is 6.91. The quantitative estimate of drug-likeness (QED) is 0.726. The Balaban J connectivity index is 2.15. The molecule has 6 heteroatoms. The van der Waals surface area contributed by atoms with E-state index in [1.54, 1.807) is 30.3 Å². The first-order valence-corrected chi connectivity index (χ1v) is 8.00. The molecule has 3 aromatic rings. The minimum absolute atomic E-state index is 0.300. The van der Waals surface area contributed by atoms with Crippen molar-refractivity contribution in [2.24, 2.45) is 5.73 Å². The van der Waals surface area contributed by atoms with Gasteiger partial charge in [0.15, 0.2) is 6.10 Å². The third kappa shape index (κ3) is 3.46.